The predicted molar refractivity (Wildman–Crippen MR) is 126 cm³/mol. The highest BCUT2D eigenvalue weighted by Crippen LogP contribution is 2.26. The summed E-state index contributed by atoms with van der Waals surface area (Å²) in [5.74, 6) is -0.0877. The number of rotatable bonds is 5. The summed E-state index contributed by atoms with van der Waals surface area (Å²) in [6, 6.07) is 17.0. The first-order valence-electron chi connectivity index (χ1n) is 11.6. The van der Waals surface area contributed by atoms with E-state index in [0.29, 0.717) is 25.2 Å². The molecule has 172 valence electrons. The molecule has 1 atom stereocenters. The van der Waals surface area contributed by atoms with E-state index in [-0.39, 0.29) is 16.8 Å². The van der Waals surface area contributed by atoms with Crippen molar-refractivity contribution in [2.75, 3.05) is 32.7 Å². The molecule has 0 spiro atoms. The molecule has 6 nitrogen and oxygen atoms in total. The Labute approximate surface area is 191 Å². The number of carbonyl (C=O) groups is 1. The smallest absolute Gasteiger partial charge is 0.253 e. The van der Waals surface area contributed by atoms with Crippen molar-refractivity contribution >= 4 is 15.9 Å². The van der Waals surface area contributed by atoms with Crippen molar-refractivity contribution in [3.63, 3.8) is 0 Å². The number of benzene rings is 2. The largest absolute Gasteiger partial charge is 0.337 e. The molecule has 0 aliphatic carbocycles. The third-order valence-electron chi connectivity index (χ3n) is 6.55. The van der Waals surface area contributed by atoms with Gasteiger partial charge in [-0.2, -0.15) is 4.31 Å². The molecule has 0 radical (unpaired) electrons. The van der Waals surface area contributed by atoms with Crippen LogP contribution in [0, 0.1) is 0 Å². The maximum absolute atomic E-state index is 13.2. The number of hydrogen-bond donors (Lipinski definition) is 0. The molecule has 2 fully saturated rings. The lowest BCUT2D eigenvalue weighted by molar-refractivity contribution is 0.0761. The van der Waals surface area contributed by atoms with Crippen molar-refractivity contribution in [1.82, 2.24) is 14.1 Å². The Bertz CT molecular complexity index is 1030. The molecule has 2 aliphatic rings. The molecule has 2 aromatic rings. The molecule has 1 amide bonds. The van der Waals surface area contributed by atoms with Gasteiger partial charge in [-0.1, -0.05) is 42.8 Å². The summed E-state index contributed by atoms with van der Waals surface area (Å²) in [7, 11) is -3.59. The number of sulfonamides is 1. The highest BCUT2D eigenvalue weighted by atomic mass is 32.2. The summed E-state index contributed by atoms with van der Waals surface area (Å²) in [5, 5.41) is 0. The van der Waals surface area contributed by atoms with Crippen LogP contribution in [0.2, 0.25) is 0 Å². The van der Waals surface area contributed by atoms with Crippen LogP contribution in [0.25, 0.3) is 0 Å². The van der Waals surface area contributed by atoms with E-state index >= 15 is 0 Å². The molecule has 2 aliphatic heterocycles. The van der Waals surface area contributed by atoms with E-state index in [1.165, 1.54) is 5.56 Å². The Hall–Kier alpha value is -2.22. The highest BCUT2D eigenvalue weighted by Gasteiger charge is 2.31. The lowest BCUT2D eigenvalue weighted by Gasteiger charge is -2.32. The Morgan fingerprint density at radius 2 is 1.72 bits per heavy atom. The Morgan fingerprint density at radius 3 is 2.50 bits per heavy atom. The summed E-state index contributed by atoms with van der Waals surface area (Å²) < 4.78 is 28.0. The lowest BCUT2D eigenvalue weighted by Crippen LogP contribution is -2.42. The van der Waals surface area contributed by atoms with Crippen LogP contribution in [-0.2, 0) is 16.6 Å². The van der Waals surface area contributed by atoms with E-state index in [1.807, 2.05) is 17.9 Å². The van der Waals surface area contributed by atoms with Crippen molar-refractivity contribution in [2.45, 2.75) is 50.1 Å². The SMILES string of the molecule is CC1CCCCN1S(=O)(=O)c1cccc(C(=O)N2CCCN(Cc3ccccc3)CC2)c1. The van der Waals surface area contributed by atoms with Crippen LogP contribution in [0.3, 0.4) is 0 Å². The van der Waals surface area contributed by atoms with Crippen molar-refractivity contribution in [2.24, 2.45) is 0 Å². The average Bonchev–Trinajstić information content (AvgIpc) is 3.05. The normalized spacial score (nSPS) is 21.3. The second-order valence-electron chi connectivity index (χ2n) is 8.90. The quantitative estimate of drug-likeness (QED) is 0.691. The van der Waals surface area contributed by atoms with Crippen LogP contribution in [0.5, 0.6) is 0 Å². The summed E-state index contributed by atoms with van der Waals surface area (Å²) in [6.45, 7) is 6.47. The first-order chi connectivity index (χ1) is 15.4. The third kappa shape index (κ3) is 5.22. The van der Waals surface area contributed by atoms with Crippen LogP contribution in [0.1, 0.15) is 48.5 Å². The number of hydrogen-bond acceptors (Lipinski definition) is 4. The minimum Gasteiger partial charge on any atom is -0.337 e. The standard InChI is InChI=1S/C25H33N3O3S/c1-21-9-5-6-16-28(21)32(30,31)24-13-7-12-23(19-24)25(29)27-15-8-14-26(17-18-27)20-22-10-3-2-4-11-22/h2-4,7,10-13,19,21H,5-6,8-9,14-18,20H2,1H3. The van der Waals surface area contributed by atoms with E-state index in [0.717, 1.165) is 45.3 Å². The summed E-state index contributed by atoms with van der Waals surface area (Å²) >= 11 is 0. The Morgan fingerprint density at radius 1 is 0.906 bits per heavy atom. The van der Waals surface area contributed by atoms with E-state index in [9.17, 15) is 13.2 Å². The van der Waals surface area contributed by atoms with E-state index in [2.05, 4.69) is 29.2 Å². The van der Waals surface area contributed by atoms with Crippen LogP contribution >= 0.6 is 0 Å². The summed E-state index contributed by atoms with van der Waals surface area (Å²) in [4.78, 5) is 17.7. The van der Waals surface area contributed by atoms with Gasteiger partial charge in [0.15, 0.2) is 0 Å². The van der Waals surface area contributed by atoms with Gasteiger partial charge >= 0.3 is 0 Å². The van der Waals surface area contributed by atoms with Gasteiger partial charge < -0.3 is 4.90 Å². The van der Waals surface area contributed by atoms with Crippen molar-refractivity contribution < 1.29 is 13.2 Å². The number of carbonyl (C=O) groups excluding carboxylic acids is 1. The van der Waals surface area contributed by atoms with Gasteiger partial charge in [0.25, 0.3) is 5.91 Å². The average molecular weight is 456 g/mol. The van der Waals surface area contributed by atoms with E-state index < -0.39 is 10.0 Å². The molecule has 0 N–H and O–H groups in total. The molecule has 2 saturated heterocycles. The van der Waals surface area contributed by atoms with Crippen molar-refractivity contribution in [3.05, 3.63) is 65.7 Å². The Kier molecular flexibility index (Phi) is 7.28. The van der Waals surface area contributed by atoms with Crippen LogP contribution in [-0.4, -0.2) is 67.2 Å². The molecule has 0 saturated carbocycles. The topological polar surface area (TPSA) is 60.9 Å². The van der Waals surface area contributed by atoms with Gasteiger partial charge in [0.2, 0.25) is 10.0 Å². The highest BCUT2D eigenvalue weighted by molar-refractivity contribution is 7.89. The maximum Gasteiger partial charge on any atom is 0.253 e. The molecular formula is C25H33N3O3S. The van der Waals surface area contributed by atoms with Gasteiger partial charge in [-0.15, -0.1) is 0 Å². The minimum atomic E-state index is -3.59. The second kappa shape index (κ2) is 10.1. The molecule has 0 bridgehead atoms. The second-order valence-corrected chi connectivity index (χ2v) is 10.8. The summed E-state index contributed by atoms with van der Waals surface area (Å²) in [5.41, 5.74) is 1.73. The Balaban J connectivity index is 1.44. The van der Waals surface area contributed by atoms with Crippen LogP contribution in [0.4, 0.5) is 0 Å². The van der Waals surface area contributed by atoms with Gasteiger partial charge in [0, 0.05) is 50.9 Å². The van der Waals surface area contributed by atoms with E-state index in [4.69, 9.17) is 0 Å². The van der Waals surface area contributed by atoms with Crippen LogP contribution in [0.15, 0.2) is 59.5 Å². The fourth-order valence-electron chi connectivity index (χ4n) is 4.71. The van der Waals surface area contributed by atoms with Gasteiger partial charge in [0.05, 0.1) is 4.90 Å². The van der Waals surface area contributed by atoms with Gasteiger partial charge in [-0.05, 0) is 49.9 Å². The van der Waals surface area contributed by atoms with Crippen molar-refractivity contribution in [1.29, 1.82) is 0 Å². The zero-order valence-electron chi connectivity index (χ0n) is 18.8. The number of piperidine rings is 1. The van der Waals surface area contributed by atoms with Crippen LogP contribution < -0.4 is 0 Å². The monoisotopic (exact) mass is 455 g/mol. The fraction of sp³-hybridized carbons (Fsp3) is 0.480. The van der Waals surface area contributed by atoms with Gasteiger partial charge in [-0.25, -0.2) is 8.42 Å². The first-order valence-corrected chi connectivity index (χ1v) is 13.1. The lowest BCUT2D eigenvalue weighted by atomic mass is 10.1. The molecule has 0 aromatic heterocycles. The molecule has 4 rings (SSSR count). The van der Waals surface area contributed by atoms with Gasteiger partial charge in [-0.3, -0.25) is 9.69 Å². The zero-order chi connectivity index (χ0) is 22.6. The first kappa shape index (κ1) is 23.0. The molecule has 1 unspecified atom stereocenters. The molecule has 32 heavy (non-hydrogen) atoms. The minimum absolute atomic E-state index is 0.00527. The molecule has 7 heteroatoms. The fourth-order valence-corrected chi connectivity index (χ4v) is 6.46. The summed E-state index contributed by atoms with van der Waals surface area (Å²) in [6.07, 6.45) is 3.73. The zero-order valence-corrected chi connectivity index (χ0v) is 19.6. The maximum atomic E-state index is 13.2. The number of nitrogens with zero attached hydrogens (tertiary/aromatic N) is 3. The number of amides is 1. The molecule has 2 heterocycles. The predicted octanol–water partition coefficient (Wildman–Crippen LogP) is 3.60. The third-order valence-corrected chi connectivity index (χ3v) is 8.56. The van der Waals surface area contributed by atoms with Crippen molar-refractivity contribution in [3.8, 4) is 0 Å². The molecule has 2 aromatic carbocycles. The van der Waals surface area contributed by atoms with Gasteiger partial charge in [0.1, 0.15) is 0 Å². The van der Waals surface area contributed by atoms with E-state index in [1.54, 1.807) is 28.6 Å². The molecular weight excluding hydrogens is 422 g/mol.